The summed E-state index contributed by atoms with van der Waals surface area (Å²) in [6.45, 7) is 5.55. The number of rotatable bonds is 5. The maximum atomic E-state index is 14.6. The number of halogens is 1. The molecule has 2 fully saturated rings. The molecule has 33 heavy (non-hydrogen) atoms. The van der Waals surface area contributed by atoms with E-state index in [2.05, 4.69) is 10.1 Å². The second-order valence-corrected chi connectivity index (χ2v) is 11.3. The van der Waals surface area contributed by atoms with Crippen molar-refractivity contribution in [1.82, 2.24) is 15.0 Å². The van der Waals surface area contributed by atoms with Gasteiger partial charge in [0.05, 0.1) is 10.6 Å². The van der Waals surface area contributed by atoms with Crippen LogP contribution in [0.1, 0.15) is 56.7 Å². The van der Waals surface area contributed by atoms with Crippen LogP contribution in [0.5, 0.6) is 0 Å². The summed E-state index contributed by atoms with van der Waals surface area (Å²) in [5.74, 6) is 0.686. The fourth-order valence-electron chi connectivity index (χ4n) is 4.83. The van der Waals surface area contributed by atoms with Gasteiger partial charge in [0.25, 0.3) is 0 Å². The van der Waals surface area contributed by atoms with Gasteiger partial charge in [-0.05, 0) is 43.4 Å². The lowest BCUT2D eigenvalue weighted by atomic mass is 9.85. The van der Waals surface area contributed by atoms with E-state index in [0.29, 0.717) is 49.9 Å². The Kier molecular flexibility index (Phi) is 6.35. The number of hydrogen-bond donors (Lipinski definition) is 1. The van der Waals surface area contributed by atoms with Crippen LogP contribution in [0, 0.1) is 11.7 Å². The zero-order valence-electron chi connectivity index (χ0n) is 18.9. The smallest absolute Gasteiger partial charge is 0.407 e. The minimum Gasteiger partial charge on any atom is -0.465 e. The molecule has 1 N–H and O–H groups in total. The molecule has 11 heteroatoms. The highest BCUT2D eigenvalue weighted by molar-refractivity contribution is 7.90. The van der Waals surface area contributed by atoms with Gasteiger partial charge in [0.15, 0.2) is 15.7 Å². The molecule has 0 aliphatic carbocycles. The van der Waals surface area contributed by atoms with Gasteiger partial charge in [-0.3, -0.25) is 0 Å². The van der Waals surface area contributed by atoms with Crippen molar-refractivity contribution in [3.05, 3.63) is 35.7 Å². The van der Waals surface area contributed by atoms with Crippen LogP contribution >= 0.6 is 0 Å². The molecule has 9 nitrogen and oxygen atoms in total. The highest BCUT2D eigenvalue weighted by Gasteiger charge is 2.37. The van der Waals surface area contributed by atoms with Crippen molar-refractivity contribution < 1.29 is 27.2 Å². The number of amides is 1. The lowest BCUT2D eigenvalue weighted by Gasteiger charge is -2.38. The molecule has 3 unspecified atom stereocenters. The molecule has 2 aromatic rings. The van der Waals surface area contributed by atoms with Gasteiger partial charge < -0.3 is 19.4 Å². The van der Waals surface area contributed by atoms with Gasteiger partial charge in [0.1, 0.15) is 5.82 Å². The number of piperidine rings is 1. The largest absolute Gasteiger partial charge is 0.465 e. The van der Waals surface area contributed by atoms with E-state index in [1.165, 1.54) is 17.0 Å². The molecule has 1 amide bonds. The first-order valence-corrected chi connectivity index (χ1v) is 13.0. The Labute approximate surface area is 192 Å². The molecule has 1 aromatic carbocycles. The number of sulfone groups is 1. The van der Waals surface area contributed by atoms with Crippen LogP contribution in [-0.2, 0) is 9.84 Å². The van der Waals surface area contributed by atoms with Crippen LogP contribution in [0.2, 0.25) is 0 Å². The van der Waals surface area contributed by atoms with Crippen molar-refractivity contribution in [2.45, 2.75) is 55.9 Å². The summed E-state index contributed by atoms with van der Waals surface area (Å²) in [5.41, 5.74) is 0.356. The number of aromatic nitrogens is 2. The maximum Gasteiger partial charge on any atom is 0.407 e. The van der Waals surface area contributed by atoms with Crippen molar-refractivity contribution in [3.8, 4) is 0 Å². The van der Waals surface area contributed by atoms with Crippen LogP contribution in [0.3, 0.4) is 0 Å². The summed E-state index contributed by atoms with van der Waals surface area (Å²) >= 11 is 0. The van der Waals surface area contributed by atoms with E-state index in [0.717, 1.165) is 18.7 Å². The molecule has 0 saturated carbocycles. The molecule has 0 spiro atoms. The molecular weight excluding hydrogens is 451 g/mol. The predicted octanol–water partition coefficient (Wildman–Crippen LogP) is 3.49. The highest BCUT2D eigenvalue weighted by Crippen LogP contribution is 2.36. The fourth-order valence-corrected chi connectivity index (χ4v) is 5.47. The van der Waals surface area contributed by atoms with Crippen LogP contribution in [0.4, 0.5) is 14.9 Å². The topological polar surface area (TPSA) is 117 Å². The van der Waals surface area contributed by atoms with E-state index in [4.69, 9.17) is 4.52 Å². The lowest BCUT2D eigenvalue weighted by molar-refractivity contribution is 0.0782. The first-order chi connectivity index (χ1) is 15.5. The van der Waals surface area contributed by atoms with Crippen molar-refractivity contribution in [1.29, 1.82) is 0 Å². The van der Waals surface area contributed by atoms with E-state index in [-0.39, 0.29) is 28.7 Å². The molecule has 0 bridgehead atoms. The number of likely N-dealkylation sites (tertiary alicyclic amines) is 1. The first kappa shape index (κ1) is 23.5. The average molecular weight is 481 g/mol. The molecule has 180 valence electrons. The number of carbonyl (C=O) groups is 1. The third kappa shape index (κ3) is 4.83. The molecular formula is C22H29FN4O5S. The molecule has 1 aromatic heterocycles. The Bertz CT molecular complexity index is 1140. The fraction of sp³-hybridized carbons (Fsp3) is 0.591. The van der Waals surface area contributed by atoms with Gasteiger partial charge in [-0.25, -0.2) is 17.6 Å². The zero-order valence-corrected chi connectivity index (χ0v) is 19.8. The Balaban J connectivity index is 1.44. The standard InChI is InChI=1S/C22H29FN4O5S/c1-13(2)19-10-14(7-9-27(19)22(28)29)21-24-20(25-32-21)15-6-8-26(12-15)18-5-4-16(11-17(18)23)33(3,30)31/h4-5,11,13-15,19H,6-10,12H2,1-3H3,(H,28,29). The van der Waals surface area contributed by atoms with Crippen LogP contribution in [0.15, 0.2) is 27.6 Å². The van der Waals surface area contributed by atoms with Gasteiger partial charge in [0, 0.05) is 43.8 Å². The molecule has 2 aliphatic heterocycles. The second-order valence-electron chi connectivity index (χ2n) is 9.32. The summed E-state index contributed by atoms with van der Waals surface area (Å²) in [6.07, 6.45) is 2.14. The Hall–Kier alpha value is -2.69. The van der Waals surface area contributed by atoms with Crippen LogP contribution in [0.25, 0.3) is 0 Å². The van der Waals surface area contributed by atoms with Gasteiger partial charge in [0.2, 0.25) is 5.89 Å². The molecule has 0 radical (unpaired) electrons. The third-order valence-electron chi connectivity index (χ3n) is 6.71. The number of hydrogen-bond acceptors (Lipinski definition) is 7. The molecule has 4 rings (SSSR count). The monoisotopic (exact) mass is 480 g/mol. The SMILES string of the molecule is CC(C)C1CC(c2nc(C3CCN(c4ccc(S(C)(=O)=O)cc4F)C3)no2)CCN1C(=O)O. The predicted molar refractivity (Wildman–Crippen MR) is 119 cm³/mol. The van der Waals surface area contributed by atoms with Crippen molar-refractivity contribution in [3.63, 3.8) is 0 Å². The van der Waals surface area contributed by atoms with E-state index < -0.39 is 21.7 Å². The van der Waals surface area contributed by atoms with Crippen molar-refractivity contribution in [2.75, 3.05) is 30.8 Å². The number of nitrogens with zero attached hydrogens (tertiary/aromatic N) is 4. The molecule has 3 atom stereocenters. The first-order valence-electron chi connectivity index (χ1n) is 11.1. The lowest BCUT2D eigenvalue weighted by Crippen LogP contribution is -2.47. The number of anilines is 1. The maximum absolute atomic E-state index is 14.6. The summed E-state index contributed by atoms with van der Waals surface area (Å²) < 4.78 is 43.5. The van der Waals surface area contributed by atoms with Crippen LogP contribution in [-0.4, -0.2) is 66.6 Å². The number of benzene rings is 1. The third-order valence-corrected chi connectivity index (χ3v) is 7.82. The normalized spacial score (nSPS) is 24.0. The highest BCUT2D eigenvalue weighted by atomic mass is 32.2. The minimum absolute atomic E-state index is 0.00716. The Morgan fingerprint density at radius 1 is 1.24 bits per heavy atom. The van der Waals surface area contributed by atoms with Gasteiger partial charge >= 0.3 is 6.09 Å². The van der Waals surface area contributed by atoms with Gasteiger partial charge in [-0.2, -0.15) is 4.98 Å². The van der Waals surface area contributed by atoms with E-state index in [1.54, 1.807) is 0 Å². The molecule has 2 aliphatic rings. The van der Waals surface area contributed by atoms with E-state index in [1.807, 2.05) is 18.7 Å². The summed E-state index contributed by atoms with van der Waals surface area (Å²) in [5, 5.41) is 13.6. The summed E-state index contributed by atoms with van der Waals surface area (Å²) in [4.78, 5) is 19.5. The van der Waals surface area contributed by atoms with E-state index in [9.17, 15) is 22.7 Å². The Morgan fingerprint density at radius 2 is 1.97 bits per heavy atom. The minimum atomic E-state index is -3.47. The van der Waals surface area contributed by atoms with Gasteiger partial charge in [-0.1, -0.05) is 19.0 Å². The quantitative estimate of drug-likeness (QED) is 0.691. The van der Waals surface area contributed by atoms with Crippen molar-refractivity contribution in [2.24, 2.45) is 5.92 Å². The van der Waals surface area contributed by atoms with Crippen LogP contribution < -0.4 is 4.90 Å². The average Bonchev–Trinajstić information content (AvgIpc) is 3.42. The van der Waals surface area contributed by atoms with Crippen molar-refractivity contribution >= 4 is 21.6 Å². The van der Waals surface area contributed by atoms with E-state index >= 15 is 0 Å². The van der Waals surface area contributed by atoms with Gasteiger partial charge in [-0.15, -0.1) is 0 Å². The molecule has 3 heterocycles. The zero-order chi connectivity index (χ0) is 23.9. The second kappa shape index (κ2) is 8.92. The summed E-state index contributed by atoms with van der Waals surface area (Å²) in [6, 6.07) is 3.87. The molecule has 2 saturated heterocycles. The summed E-state index contributed by atoms with van der Waals surface area (Å²) in [7, 11) is -3.47. The number of carboxylic acid groups (broad SMARTS) is 1. The Morgan fingerprint density at radius 3 is 2.61 bits per heavy atom.